The first kappa shape index (κ1) is 21.3. The summed E-state index contributed by atoms with van der Waals surface area (Å²) >= 11 is 0. The predicted octanol–water partition coefficient (Wildman–Crippen LogP) is 4.06. The maximum absolute atomic E-state index is 12.7. The SMILES string of the molecule is COCC1(CNC(=O)c2c(C)cc(CCCc3ccccc3)oc2=O)CCCC1. The number of hydrogen-bond donors (Lipinski definition) is 1. The molecule has 0 radical (unpaired) electrons. The van der Waals surface area contributed by atoms with E-state index in [2.05, 4.69) is 17.4 Å². The van der Waals surface area contributed by atoms with Crippen LogP contribution in [0.3, 0.4) is 0 Å². The maximum atomic E-state index is 12.7. The van der Waals surface area contributed by atoms with Gasteiger partial charge in [0.15, 0.2) is 0 Å². The first-order chi connectivity index (χ1) is 14.0. The minimum atomic E-state index is -0.551. The largest absolute Gasteiger partial charge is 0.427 e. The van der Waals surface area contributed by atoms with Crippen LogP contribution in [0.25, 0.3) is 0 Å². The summed E-state index contributed by atoms with van der Waals surface area (Å²) in [5.74, 6) is 0.279. The van der Waals surface area contributed by atoms with Gasteiger partial charge in [-0.25, -0.2) is 4.79 Å². The molecule has 156 valence electrons. The average molecular weight is 398 g/mol. The Morgan fingerprint density at radius 1 is 1.17 bits per heavy atom. The van der Waals surface area contributed by atoms with E-state index in [1.807, 2.05) is 24.3 Å². The Kier molecular flexibility index (Phi) is 7.26. The second kappa shape index (κ2) is 9.88. The number of rotatable bonds is 9. The van der Waals surface area contributed by atoms with Gasteiger partial charge in [0, 0.05) is 25.5 Å². The van der Waals surface area contributed by atoms with Crippen LogP contribution in [0.15, 0.2) is 45.6 Å². The van der Waals surface area contributed by atoms with Crippen molar-refractivity contribution in [3.05, 3.63) is 69.3 Å². The van der Waals surface area contributed by atoms with Crippen LogP contribution in [0, 0.1) is 12.3 Å². The van der Waals surface area contributed by atoms with E-state index in [4.69, 9.17) is 9.15 Å². The monoisotopic (exact) mass is 397 g/mol. The van der Waals surface area contributed by atoms with Crippen LogP contribution in [-0.2, 0) is 17.6 Å². The molecule has 1 fully saturated rings. The molecule has 0 atom stereocenters. The zero-order valence-electron chi connectivity index (χ0n) is 17.5. The molecule has 2 aromatic rings. The normalized spacial score (nSPS) is 15.4. The fourth-order valence-electron chi connectivity index (χ4n) is 4.34. The van der Waals surface area contributed by atoms with Crippen molar-refractivity contribution >= 4 is 5.91 Å². The molecule has 1 N–H and O–H groups in total. The Morgan fingerprint density at radius 3 is 2.55 bits per heavy atom. The van der Waals surface area contributed by atoms with Gasteiger partial charge in [-0.15, -0.1) is 0 Å². The third-order valence-electron chi connectivity index (χ3n) is 5.90. The number of methoxy groups -OCH3 is 1. The van der Waals surface area contributed by atoms with Crippen molar-refractivity contribution in [2.24, 2.45) is 5.41 Å². The maximum Gasteiger partial charge on any atom is 0.349 e. The van der Waals surface area contributed by atoms with Gasteiger partial charge in [0.05, 0.1) is 6.61 Å². The molecule has 0 spiro atoms. The van der Waals surface area contributed by atoms with Crippen LogP contribution in [-0.4, -0.2) is 26.2 Å². The summed E-state index contributed by atoms with van der Waals surface area (Å²) in [6.45, 7) is 2.95. The van der Waals surface area contributed by atoms with Gasteiger partial charge < -0.3 is 14.5 Å². The first-order valence-electron chi connectivity index (χ1n) is 10.5. The summed E-state index contributed by atoms with van der Waals surface area (Å²) in [6.07, 6.45) is 6.86. The molecule has 1 saturated carbocycles. The second-order valence-electron chi connectivity index (χ2n) is 8.22. The molecule has 5 nitrogen and oxygen atoms in total. The summed E-state index contributed by atoms with van der Waals surface area (Å²) in [7, 11) is 1.69. The van der Waals surface area contributed by atoms with Gasteiger partial charge in [-0.1, -0.05) is 43.2 Å². The average Bonchev–Trinajstić information content (AvgIpc) is 3.16. The van der Waals surface area contributed by atoms with Crippen molar-refractivity contribution in [2.75, 3.05) is 20.3 Å². The highest BCUT2D eigenvalue weighted by molar-refractivity contribution is 5.95. The zero-order chi connectivity index (χ0) is 20.7. The number of benzene rings is 1. The van der Waals surface area contributed by atoms with E-state index in [1.54, 1.807) is 14.0 Å². The molecule has 0 bridgehead atoms. The summed E-state index contributed by atoms with van der Waals surface area (Å²) in [5.41, 5.74) is 1.47. The smallest absolute Gasteiger partial charge is 0.349 e. The molecule has 1 aliphatic rings. The van der Waals surface area contributed by atoms with Gasteiger partial charge in [0.1, 0.15) is 11.3 Å². The van der Waals surface area contributed by atoms with Gasteiger partial charge in [-0.3, -0.25) is 4.79 Å². The minimum absolute atomic E-state index is 0.0180. The lowest BCUT2D eigenvalue weighted by Crippen LogP contribution is -2.40. The highest BCUT2D eigenvalue weighted by Gasteiger charge is 2.34. The highest BCUT2D eigenvalue weighted by Crippen LogP contribution is 2.37. The van der Waals surface area contributed by atoms with Crippen molar-refractivity contribution in [2.45, 2.75) is 51.9 Å². The number of carbonyl (C=O) groups excluding carboxylic acids is 1. The number of carbonyl (C=O) groups is 1. The third kappa shape index (κ3) is 5.57. The minimum Gasteiger partial charge on any atom is -0.427 e. The van der Waals surface area contributed by atoms with Crippen LogP contribution in [0.1, 0.15) is 59.3 Å². The summed E-state index contributed by atoms with van der Waals surface area (Å²) in [4.78, 5) is 25.2. The molecular weight excluding hydrogens is 366 g/mol. The molecule has 1 aromatic heterocycles. The van der Waals surface area contributed by atoms with Gasteiger partial charge >= 0.3 is 5.63 Å². The van der Waals surface area contributed by atoms with E-state index in [9.17, 15) is 9.59 Å². The standard InChI is InChI=1S/C24H31NO4/c1-18-15-20(12-8-11-19-9-4-3-5-10-19)29-23(27)21(18)22(26)25-16-24(17-28-2)13-6-7-14-24/h3-5,9-10,15H,6-8,11-14,16-17H2,1-2H3,(H,25,26). The first-order valence-corrected chi connectivity index (χ1v) is 10.5. The van der Waals surface area contributed by atoms with Gasteiger partial charge in [-0.05, 0) is 49.8 Å². The number of hydrogen-bond acceptors (Lipinski definition) is 4. The molecule has 1 heterocycles. The van der Waals surface area contributed by atoms with Crippen molar-refractivity contribution in [1.82, 2.24) is 5.32 Å². The van der Waals surface area contributed by atoms with E-state index in [-0.39, 0.29) is 16.9 Å². The van der Waals surface area contributed by atoms with E-state index < -0.39 is 5.63 Å². The molecule has 29 heavy (non-hydrogen) atoms. The summed E-state index contributed by atoms with van der Waals surface area (Å²) in [6, 6.07) is 12.1. The second-order valence-corrected chi connectivity index (χ2v) is 8.22. The predicted molar refractivity (Wildman–Crippen MR) is 113 cm³/mol. The topological polar surface area (TPSA) is 68.5 Å². The van der Waals surface area contributed by atoms with E-state index in [1.165, 1.54) is 5.56 Å². The van der Waals surface area contributed by atoms with E-state index in [0.717, 1.165) is 38.5 Å². The van der Waals surface area contributed by atoms with Crippen molar-refractivity contribution in [3.8, 4) is 0 Å². The molecule has 1 aromatic carbocycles. The fourth-order valence-corrected chi connectivity index (χ4v) is 4.34. The quantitative estimate of drug-likeness (QED) is 0.693. The lowest BCUT2D eigenvalue weighted by atomic mass is 9.87. The zero-order valence-corrected chi connectivity index (χ0v) is 17.5. The summed E-state index contributed by atoms with van der Waals surface area (Å²) in [5, 5.41) is 2.95. The Balaban J connectivity index is 1.61. The Morgan fingerprint density at radius 2 is 1.90 bits per heavy atom. The van der Waals surface area contributed by atoms with Crippen LogP contribution in [0.4, 0.5) is 0 Å². The number of ether oxygens (including phenoxy) is 1. The number of amides is 1. The van der Waals surface area contributed by atoms with Gasteiger partial charge in [-0.2, -0.15) is 0 Å². The third-order valence-corrected chi connectivity index (χ3v) is 5.90. The molecular formula is C24H31NO4. The van der Waals surface area contributed by atoms with E-state index in [0.29, 0.717) is 30.9 Å². The molecule has 0 unspecified atom stereocenters. The van der Waals surface area contributed by atoms with Crippen molar-refractivity contribution in [3.63, 3.8) is 0 Å². The van der Waals surface area contributed by atoms with Crippen LogP contribution < -0.4 is 10.9 Å². The van der Waals surface area contributed by atoms with Crippen LogP contribution in [0.2, 0.25) is 0 Å². The molecule has 1 aliphatic carbocycles. The molecule has 3 rings (SSSR count). The van der Waals surface area contributed by atoms with Crippen molar-refractivity contribution < 1.29 is 13.9 Å². The van der Waals surface area contributed by atoms with Crippen LogP contribution in [0.5, 0.6) is 0 Å². The van der Waals surface area contributed by atoms with Gasteiger partial charge in [0.2, 0.25) is 0 Å². The van der Waals surface area contributed by atoms with Crippen LogP contribution >= 0.6 is 0 Å². The molecule has 1 amide bonds. The lowest BCUT2D eigenvalue weighted by Gasteiger charge is -2.28. The van der Waals surface area contributed by atoms with Crippen molar-refractivity contribution in [1.29, 1.82) is 0 Å². The Bertz CT molecular complexity index is 866. The Labute approximate surface area is 172 Å². The molecule has 0 aliphatic heterocycles. The lowest BCUT2D eigenvalue weighted by molar-refractivity contribution is 0.0738. The molecule has 5 heteroatoms. The molecule has 0 saturated heterocycles. The number of nitrogens with one attached hydrogen (secondary N) is 1. The van der Waals surface area contributed by atoms with Gasteiger partial charge in [0.25, 0.3) is 5.91 Å². The Hall–Kier alpha value is -2.40. The fraction of sp³-hybridized carbons (Fsp3) is 0.500. The highest BCUT2D eigenvalue weighted by atomic mass is 16.5. The summed E-state index contributed by atoms with van der Waals surface area (Å²) < 4.78 is 10.8. The van der Waals surface area contributed by atoms with E-state index >= 15 is 0 Å². The number of aryl methyl sites for hydroxylation is 3.